The molecule has 0 unspecified atom stereocenters. The van der Waals surface area contributed by atoms with Crippen molar-refractivity contribution >= 4 is 0 Å². The van der Waals surface area contributed by atoms with Gasteiger partial charge < -0.3 is 10.2 Å². The molecule has 0 atom stereocenters. The summed E-state index contributed by atoms with van der Waals surface area (Å²) in [5.74, 6) is 1.45. The molecule has 0 aliphatic heterocycles. The Labute approximate surface area is 108 Å². The van der Waals surface area contributed by atoms with E-state index in [1.165, 1.54) is 5.56 Å². The predicted molar refractivity (Wildman–Crippen MR) is 73.3 cm³/mol. The second-order valence-electron chi connectivity index (χ2n) is 5.55. The van der Waals surface area contributed by atoms with Crippen molar-refractivity contribution in [3.63, 3.8) is 0 Å². The van der Waals surface area contributed by atoms with Crippen LogP contribution in [0.1, 0.15) is 37.8 Å². The van der Waals surface area contributed by atoms with Crippen LogP contribution in [0.15, 0.2) is 28.7 Å². The Bertz CT molecular complexity index is 533. The molecule has 3 nitrogen and oxygen atoms in total. The molecule has 96 valence electrons. The summed E-state index contributed by atoms with van der Waals surface area (Å²) in [4.78, 5) is 4.40. The van der Waals surface area contributed by atoms with E-state index in [1.807, 2.05) is 19.1 Å². The van der Waals surface area contributed by atoms with E-state index in [1.54, 1.807) is 0 Å². The minimum atomic E-state index is 0.160. The van der Waals surface area contributed by atoms with E-state index in [4.69, 9.17) is 10.2 Å². The maximum Gasteiger partial charge on any atom is 0.226 e. The fraction of sp³-hybridized carbons (Fsp3) is 0.400. The fourth-order valence-corrected chi connectivity index (χ4v) is 1.85. The third-order valence-electron chi connectivity index (χ3n) is 3.08. The lowest BCUT2D eigenvalue weighted by molar-refractivity contribution is 0.539. The molecule has 0 aliphatic carbocycles. The molecule has 0 radical (unpaired) electrons. The van der Waals surface area contributed by atoms with Gasteiger partial charge in [-0.25, -0.2) is 4.98 Å². The van der Waals surface area contributed by atoms with Crippen LogP contribution in [0, 0.1) is 6.92 Å². The highest BCUT2D eigenvalue weighted by molar-refractivity contribution is 5.54. The molecule has 1 heterocycles. The number of oxazole rings is 1. The van der Waals surface area contributed by atoms with Crippen LogP contribution in [-0.2, 0) is 12.0 Å². The molecule has 0 bridgehead atoms. The lowest BCUT2D eigenvalue weighted by Gasteiger charge is -2.18. The molecule has 3 heteroatoms. The van der Waals surface area contributed by atoms with Gasteiger partial charge in [0.2, 0.25) is 5.89 Å². The zero-order valence-electron chi connectivity index (χ0n) is 11.4. The third-order valence-corrected chi connectivity index (χ3v) is 3.08. The molecular weight excluding hydrogens is 224 g/mol. The van der Waals surface area contributed by atoms with Crippen molar-refractivity contribution in [2.45, 2.75) is 39.7 Å². The Morgan fingerprint density at radius 1 is 1.17 bits per heavy atom. The van der Waals surface area contributed by atoms with Crippen molar-refractivity contribution in [1.29, 1.82) is 0 Å². The van der Waals surface area contributed by atoms with E-state index in [0.717, 1.165) is 17.0 Å². The molecule has 2 aromatic rings. The summed E-state index contributed by atoms with van der Waals surface area (Å²) in [6, 6.07) is 8.34. The predicted octanol–water partition coefficient (Wildman–Crippen LogP) is 3.41. The number of nitrogens with zero attached hydrogens (tertiary/aromatic N) is 1. The Hall–Kier alpha value is -1.61. The van der Waals surface area contributed by atoms with E-state index in [9.17, 15) is 0 Å². The molecule has 2 N–H and O–H groups in total. The van der Waals surface area contributed by atoms with Gasteiger partial charge in [0.05, 0.1) is 5.69 Å². The van der Waals surface area contributed by atoms with Crippen LogP contribution in [0.25, 0.3) is 11.5 Å². The second-order valence-corrected chi connectivity index (χ2v) is 5.55. The molecule has 2 rings (SSSR count). The highest BCUT2D eigenvalue weighted by atomic mass is 16.4. The van der Waals surface area contributed by atoms with Crippen LogP contribution in [0.3, 0.4) is 0 Å². The Kier molecular flexibility index (Phi) is 3.26. The average Bonchev–Trinajstić information content (AvgIpc) is 2.69. The van der Waals surface area contributed by atoms with E-state index < -0.39 is 0 Å². The molecule has 0 aliphatic rings. The number of aromatic nitrogens is 1. The van der Waals surface area contributed by atoms with Gasteiger partial charge in [-0.05, 0) is 30.0 Å². The van der Waals surface area contributed by atoms with Gasteiger partial charge in [-0.2, -0.15) is 0 Å². The van der Waals surface area contributed by atoms with E-state index in [0.29, 0.717) is 12.4 Å². The first kappa shape index (κ1) is 12.8. The summed E-state index contributed by atoms with van der Waals surface area (Å²) in [5.41, 5.74) is 8.88. The Morgan fingerprint density at radius 3 is 2.22 bits per heavy atom. The SMILES string of the molecule is Cc1oc(-c2ccc(C(C)(C)C)cc2)nc1CN. The van der Waals surface area contributed by atoms with Crippen molar-refractivity contribution in [3.05, 3.63) is 41.3 Å². The van der Waals surface area contributed by atoms with Crippen LogP contribution >= 0.6 is 0 Å². The first-order valence-electron chi connectivity index (χ1n) is 6.19. The van der Waals surface area contributed by atoms with Gasteiger partial charge in [0.15, 0.2) is 0 Å². The highest BCUT2D eigenvalue weighted by Crippen LogP contribution is 2.26. The second kappa shape index (κ2) is 4.58. The van der Waals surface area contributed by atoms with Crippen LogP contribution in [0.2, 0.25) is 0 Å². The minimum Gasteiger partial charge on any atom is -0.441 e. The summed E-state index contributed by atoms with van der Waals surface area (Å²) in [5, 5.41) is 0. The lowest BCUT2D eigenvalue weighted by atomic mass is 9.87. The first-order chi connectivity index (χ1) is 8.41. The molecule has 0 fully saturated rings. The zero-order chi connectivity index (χ0) is 13.3. The van der Waals surface area contributed by atoms with Gasteiger partial charge >= 0.3 is 0 Å². The molecule has 0 saturated heterocycles. The van der Waals surface area contributed by atoms with E-state index >= 15 is 0 Å². The summed E-state index contributed by atoms with van der Waals surface area (Å²) in [6.45, 7) is 8.90. The lowest BCUT2D eigenvalue weighted by Crippen LogP contribution is -2.10. The quantitative estimate of drug-likeness (QED) is 0.880. The van der Waals surface area contributed by atoms with Gasteiger partial charge in [-0.1, -0.05) is 32.9 Å². The summed E-state index contributed by atoms with van der Waals surface area (Å²) >= 11 is 0. The molecule has 1 aromatic carbocycles. The number of benzene rings is 1. The normalized spacial score (nSPS) is 11.8. The Morgan fingerprint density at radius 2 is 1.78 bits per heavy atom. The molecular formula is C15H20N2O. The van der Waals surface area contributed by atoms with Crippen molar-refractivity contribution < 1.29 is 4.42 Å². The monoisotopic (exact) mass is 244 g/mol. The summed E-state index contributed by atoms with van der Waals surface area (Å²) in [6.07, 6.45) is 0. The number of hydrogen-bond acceptors (Lipinski definition) is 3. The van der Waals surface area contributed by atoms with Gasteiger partial charge in [0, 0.05) is 12.1 Å². The van der Waals surface area contributed by atoms with Crippen LogP contribution in [0.5, 0.6) is 0 Å². The largest absolute Gasteiger partial charge is 0.441 e. The van der Waals surface area contributed by atoms with Crippen molar-refractivity contribution in [2.24, 2.45) is 5.73 Å². The van der Waals surface area contributed by atoms with E-state index in [2.05, 4.69) is 37.9 Å². The number of rotatable bonds is 2. The highest BCUT2D eigenvalue weighted by Gasteiger charge is 2.15. The van der Waals surface area contributed by atoms with Gasteiger partial charge in [0.1, 0.15) is 5.76 Å². The van der Waals surface area contributed by atoms with Crippen molar-refractivity contribution in [3.8, 4) is 11.5 Å². The fourth-order valence-electron chi connectivity index (χ4n) is 1.85. The van der Waals surface area contributed by atoms with Crippen LogP contribution < -0.4 is 5.73 Å². The Balaban J connectivity index is 2.34. The molecule has 0 amide bonds. The number of hydrogen-bond donors (Lipinski definition) is 1. The van der Waals surface area contributed by atoms with Gasteiger partial charge in [-0.15, -0.1) is 0 Å². The molecule has 0 spiro atoms. The van der Waals surface area contributed by atoms with E-state index in [-0.39, 0.29) is 5.41 Å². The van der Waals surface area contributed by atoms with Crippen LogP contribution in [0.4, 0.5) is 0 Å². The first-order valence-corrected chi connectivity index (χ1v) is 6.19. The average molecular weight is 244 g/mol. The summed E-state index contributed by atoms with van der Waals surface area (Å²) in [7, 11) is 0. The van der Waals surface area contributed by atoms with Gasteiger partial charge in [-0.3, -0.25) is 0 Å². The third kappa shape index (κ3) is 2.46. The minimum absolute atomic E-state index is 0.160. The van der Waals surface area contributed by atoms with Crippen molar-refractivity contribution in [1.82, 2.24) is 4.98 Å². The smallest absolute Gasteiger partial charge is 0.226 e. The molecule has 0 saturated carbocycles. The topological polar surface area (TPSA) is 52.0 Å². The molecule has 1 aromatic heterocycles. The molecule has 18 heavy (non-hydrogen) atoms. The van der Waals surface area contributed by atoms with Gasteiger partial charge in [0.25, 0.3) is 0 Å². The van der Waals surface area contributed by atoms with Crippen LogP contribution in [-0.4, -0.2) is 4.98 Å². The standard InChI is InChI=1S/C15H20N2O/c1-10-13(9-16)17-14(18-10)11-5-7-12(8-6-11)15(2,3)4/h5-8H,9,16H2,1-4H3. The number of aryl methyl sites for hydroxylation is 1. The zero-order valence-corrected chi connectivity index (χ0v) is 11.4. The van der Waals surface area contributed by atoms with Crippen molar-refractivity contribution in [2.75, 3.05) is 0 Å². The summed E-state index contributed by atoms with van der Waals surface area (Å²) < 4.78 is 5.63. The number of nitrogens with two attached hydrogens (primary N) is 1. The maximum absolute atomic E-state index is 5.63. The maximum atomic E-state index is 5.63.